The quantitative estimate of drug-likeness (QED) is 0.607. The molecule has 2 aromatic heterocycles. The minimum Gasteiger partial charge on any atom is -0.366 e. The summed E-state index contributed by atoms with van der Waals surface area (Å²) in [5.74, 6) is -0.345. The standard InChI is InChI=1S/C24H23ClFN5/c1-24(30(2)3)13-31(14-24)16-11-22-21(28-12-16)7-6-20(29-22)17-8-9-27-23(17)18-10-15(25)4-5-19(18)26/h4-8,10-12H,9,13-14H2,1-3H3. The number of anilines is 1. The number of pyridine rings is 2. The van der Waals surface area contributed by atoms with Crippen LogP contribution in [0.4, 0.5) is 10.1 Å². The third-order valence-corrected chi connectivity index (χ3v) is 6.53. The molecule has 0 aliphatic carbocycles. The molecule has 0 unspecified atom stereocenters. The maximum Gasteiger partial charge on any atom is 0.132 e. The van der Waals surface area contributed by atoms with Crippen molar-refractivity contribution in [1.82, 2.24) is 14.9 Å². The zero-order chi connectivity index (χ0) is 21.8. The SMILES string of the molecule is CN(C)C1(C)CN(c2cnc3ccc(C4=CCN=C4c4cc(Cl)ccc4F)nc3c2)C1. The van der Waals surface area contributed by atoms with Crippen LogP contribution in [0, 0.1) is 5.82 Å². The molecule has 1 aromatic carbocycles. The second-order valence-corrected chi connectivity index (χ2v) is 9.04. The summed E-state index contributed by atoms with van der Waals surface area (Å²) in [5.41, 5.74) is 5.43. The van der Waals surface area contributed by atoms with Crippen LogP contribution in [0.25, 0.3) is 16.6 Å². The van der Waals surface area contributed by atoms with E-state index in [-0.39, 0.29) is 11.4 Å². The average Bonchev–Trinajstić information content (AvgIpc) is 3.22. The molecule has 4 heterocycles. The number of benzene rings is 1. The first-order chi connectivity index (χ1) is 14.8. The maximum atomic E-state index is 14.5. The Hall–Kier alpha value is -2.83. The molecule has 5 rings (SSSR count). The molecule has 0 radical (unpaired) electrons. The van der Waals surface area contributed by atoms with Gasteiger partial charge in [0.15, 0.2) is 0 Å². The van der Waals surface area contributed by atoms with E-state index in [1.54, 1.807) is 6.07 Å². The summed E-state index contributed by atoms with van der Waals surface area (Å²) in [4.78, 5) is 18.5. The predicted octanol–water partition coefficient (Wildman–Crippen LogP) is 4.45. The molecular formula is C24H23ClFN5. The van der Waals surface area contributed by atoms with Crippen molar-refractivity contribution in [2.45, 2.75) is 12.5 Å². The van der Waals surface area contributed by atoms with E-state index in [0.717, 1.165) is 41.1 Å². The van der Waals surface area contributed by atoms with Gasteiger partial charge in [0.05, 0.1) is 46.4 Å². The molecule has 158 valence electrons. The first kappa shape index (κ1) is 20.1. The fourth-order valence-corrected chi connectivity index (χ4v) is 4.28. The Kier molecular flexibility index (Phi) is 4.79. The highest BCUT2D eigenvalue weighted by atomic mass is 35.5. The number of likely N-dealkylation sites (N-methyl/N-ethyl adjacent to an activating group) is 1. The molecule has 1 saturated heterocycles. The number of aliphatic imine (C=N–C) groups is 1. The van der Waals surface area contributed by atoms with E-state index in [9.17, 15) is 4.39 Å². The topological polar surface area (TPSA) is 44.6 Å². The van der Waals surface area contributed by atoms with E-state index in [2.05, 4.69) is 46.9 Å². The van der Waals surface area contributed by atoms with Gasteiger partial charge in [-0.25, -0.2) is 9.37 Å². The van der Waals surface area contributed by atoms with Crippen LogP contribution in [0.3, 0.4) is 0 Å². The Bertz CT molecular complexity index is 1240. The molecule has 1 fully saturated rings. The molecule has 0 atom stereocenters. The van der Waals surface area contributed by atoms with E-state index in [4.69, 9.17) is 16.6 Å². The molecule has 31 heavy (non-hydrogen) atoms. The number of hydrogen-bond donors (Lipinski definition) is 0. The van der Waals surface area contributed by atoms with Crippen LogP contribution in [-0.4, -0.2) is 59.8 Å². The Labute approximate surface area is 185 Å². The van der Waals surface area contributed by atoms with E-state index < -0.39 is 0 Å². The predicted molar refractivity (Wildman–Crippen MR) is 125 cm³/mol. The third kappa shape index (κ3) is 3.50. The highest BCUT2D eigenvalue weighted by Gasteiger charge is 2.40. The second kappa shape index (κ2) is 7.39. The van der Waals surface area contributed by atoms with Gasteiger partial charge in [-0.05, 0) is 57.4 Å². The lowest BCUT2D eigenvalue weighted by Crippen LogP contribution is -2.67. The van der Waals surface area contributed by atoms with Crippen LogP contribution < -0.4 is 4.90 Å². The first-order valence-electron chi connectivity index (χ1n) is 10.2. The summed E-state index contributed by atoms with van der Waals surface area (Å²) in [7, 11) is 4.22. The highest BCUT2D eigenvalue weighted by Crippen LogP contribution is 2.32. The fraction of sp³-hybridized carbons (Fsp3) is 0.292. The van der Waals surface area contributed by atoms with Crippen molar-refractivity contribution in [3.8, 4) is 0 Å². The van der Waals surface area contributed by atoms with Gasteiger partial charge in [0.25, 0.3) is 0 Å². The third-order valence-electron chi connectivity index (χ3n) is 6.29. The Morgan fingerprint density at radius 2 is 1.90 bits per heavy atom. The average molecular weight is 436 g/mol. The van der Waals surface area contributed by atoms with Crippen molar-refractivity contribution in [3.63, 3.8) is 0 Å². The van der Waals surface area contributed by atoms with Gasteiger partial charge in [-0.15, -0.1) is 0 Å². The number of halogens is 2. The summed E-state index contributed by atoms with van der Waals surface area (Å²) in [6.07, 6.45) is 3.88. The van der Waals surface area contributed by atoms with Crippen LogP contribution in [0.5, 0.6) is 0 Å². The van der Waals surface area contributed by atoms with E-state index in [1.807, 2.05) is 24.4 Å². The number of aromatic nitrogens is 2. The number of nitrogens with zero attached hydrogens (tertiary/aromatic N) is 5. The molecule has 3 aromatic rings. The number of allylic oxidation sites excluding steroid dienone is 1. The molecule has 2 aliphatic rings. The van der Waals surface area contributed by atoms with E-state index in [1.165, 1.54) is 12.1 Å². The van der Waals surface area contributed by atoms with Crippen molar-refractivity contribution in [3.05, 3.63) is 70.8 Å². The van der Waals surface area contributed by atoms with Crippen molar-refractivity contribution in [2.75, 3.05) is 38.6 Å². The maximum absolute atomic E-state index is 14.5. The van der Waals surface area contributed by atoms with Crippen LogP contribution in [0.1, 0.15) is 18.2 Å². The Morgan fingerprint density at radius 1 is 1.10 bits per heavy atom. The molecule has 5 nitrogen and oxygen atoms in total. The normalized spacial score (nSPS) is 17.7. The van der Waals surface area contributed by atoms with Crippen LogP contribution in [0.15, 0.2) is 53.7 Å². The second-order valence-electron chi connectivity index (χ2n) is 8.61. The number of rotatable bonds is 4. The minimum absolute atomic E-state index is 0.172. The summed E-state index contributed by atoms with van der Waals surface area (Å²) in [6.45, 7) is 4.65. The lowest BCUT2D eigenvalue weighted by molar-refractivity contribution is 0.133. The monoisotopic (exact) mass is 435 g/mol. The zero-order valence-electron chi connectivity index (χ0n) is 17.7. The lowest BCUT2D eigenvalue weighted by Gasteiger charge is -2.53. The highest BCUT2D eigenvalue weighted by molar-refractivity contribution is 6.35. The van der Waals surface area contributed by atoms with Crippen LogP contribution in [0.2, 0.25) is 5.02 Å². The van der Waals surface area contributed by atoms with Gasteiger partial charge in [0, 0.05) is 29.2 Å². The summed E-state index contributed by atoms with van der Waals surface area (Å²) in [5, 5.41) is 0.477. The molecule has 7 heteroatoms. The van der Waals surface area contributed by atoms with Crippen molar-refractivity contribution in [2.24, 2.45) is 4.99 Å². The smallest absolute Gasteiger partial charge is 0.132 e. The van der Waals surface area contributed by atoms with Crippen LogP contribution in [-0.2, 0) is 0 Å². The molecule has 2 aliphatic heterocycles. The largest absolute Gasteiger partial charge is 0.366 e. The molecule has 0 saturated carbocycles. The van der Waals surface area contributed by atoms with Gasteiger partial charge in [-0.2, -0.15) is 0 Å². The number of hydrogen-bond acceptors (Lipinski definition) is 5. The van der Waals surface area contributed by atoms with Crippen molar-refractivity contribution < 1.29 is 4.39 Å². The van der Waals surface area contributed by atoms with Gasteiger partial charge >= 0.3 is 0 Å². The van der Waals surface area contributed by atoms with Gasteiger partial charge < -0.3 is 9.80 Å². The molecular weight excluding hydrogens is 413 g/mol. The lowest BCUT2D eigenvalue weighted by atomic mass is 9.90. The van der Waals surface area contributed by atoms with Crippen LogP contribution >= 0.6 is 11.6 Å². The summed E-state index contributed by atoms with van der Waals surface area (Å²) >= 11 is 6.10. The van der Waals surface area contributed by atoms with Crippen molar-refractivity contribution >= 4 is 39.6 Å². The van der Waals surface area contributed by atoms with E-state index in [0.29, 0.717) is 22.8 Å². The molecule has 0 amide bonds. The van der Waals surface area contributed by atoms with E-state index >= 15 is 0 Å². The molecule has 0 spiro atoms. The first-order valence-corrected chi connectivity index (χ1v) is 10.6. The zero-order valence-corrected chi connectivity index (χ0v) is 18.5. The van der Waals surface area contributed by atoms with Gasteiger partial charge in [0.1, 0.15) is 5.82 Å². The van der Waals surface area contributed by atoms with Gasteiger partial charge in [-0.1, -0.05) is 17.7 Å². The van der Waals surface area contributed by atoms with Gasteiger partial charge in [0.2, 0.25) is 0 Å². The summed E-state index contributed by atoms with van der Waals surface area (Å²) < 4.78 is 14.5. The fourth-order valence-electron chi connectivity index (χ4n) is 4.11. The number of fused-ring (bicyclic) bond motifs is 1. The molecule has 0 bridgehead atoms. The molecule has 0 N–H and O–H groups in total. The van der Waals surface area contributed by atoms with Gasteiger partial charge in [-0.3, -0.25) is 9.98 Å². The summed E-state index contributed by atoms with van der Waals surface area (Å²) in [6, 6.07) is 10.5. The Balaban J connectivity index is 1.47. The van der Waals surface area contributed by atoms with Crippen molar-refractivity contribution in [1.29, 1.82) is 0 Å². The minimum atomic E-state index is -0.345. The Morgan fingerprint density at radius 3 is 2.68 bits per heavy atom.